The first kappa shape index (κ1) is 16.0. The second kappa shape index (κ2) is 6.08. The van der Waals surface area contributed by atoms with E-state index in [0.29, 0.717) is 0 Å². The van der Waals surface area contributed by atoms with Crippen LogP contribution in [-0.2, 0) is 0 Å². The van der Waals surface area contributed by atoms with E-state index in [0.717, 1.165) is 5.75 Å². The molecule has 0 saturated heterocycles. The van der Waals surface area contributed by atoms with Crippen molar-refractivity contribution in [3.05, 3.63) is 63.8 Å². The lowest BCUT2D eigenvalue weighted by Crippen LogP contribution is -1.86. The maximum absolute atomic E-state index is 5.33. The van der Waals surface area contributed by atoms with Crippen molar-refractivity contribution in [1.82, 2.24) is 4.98 Å². The number of H-pyrrole nitrogens is 1. The molecule has 2 aromatic heterocycles. The summed E-state index contributed by atoms with van der Waals surface area (Å²) in [6, 6.07) is 15.0. The second-order valence-electron chi connectivity index (χ2n) is 6.50. The fraction of sp³-hybridized carbons (Fsp3) is 0.182. The maximum atomic E-state index is 5.33. The number of fused-ring (bicyclic) bond motifs is 1. The maximum Gasteiger partial charge on any atom is 0.118 e. The quantitative estimate of drug-likeness (QED) is 0.450. The number of nitrogens with one attached hydrogen (secondary N) is 1. The van der Waals surface area contributed by atoms with Crippen molar-refractivity contribution >= 4 is 22.2 Å². The summed E-state index contributed by atoms with van der Waals surface area (Å²) in [4.78, 5) is 5.02. The molecule has 2 aromatic carbocycles. The third kappa shape index (κ3) is 2.65. The molecule has 0 radical (unpaired) electrons. The molecule has 2 nitrogen and oxygen atoms in total. The lowest BCUT2D eigenvalue weighted by molar-refractivity contribution is 0.415. The molecule has 0 aliphatic heterocycles. The van der Waals surface area contributed by atoms with Crippen LogP contribution < -0.4 is 4.74 Å². The van der Waals surface area contributed by atoms with E-state index in [9.17, 15) is 0 Å². The first-order valence-electron chi connectivity index (χ1n) is 8.40. The number of aryl methyl sites for hydroxylation is 3. The Kier molecular flexibility index (Phi) is 3.89. The zero-order valence-electron chi connectivity index (χ0n) is 14.9. The molecule has 0 atom stereocenters. The fourth-order valence-corrected chi connectivity index (χ4v) is 4.35. The Labute approximate surface area is 152 Å². The van der Waals surface area contributed by atoms with Crippen molar-refractivity contribution in [3.8, 4) is 28.1 Å². The van der Waals surface area contributed by atoms with Crippen LogP contribution >= 0.6 is 11.3 Å². The van der Waals surface area contributed by atoms with Gasteiger partial charge < -0.3 is 9.72 Å². The fourth-order valence-electron chi connectivity index (χ4n) is 3.50. The summed E-state index contributed by atoms with van der Waals surface area (Å²) >= 11 is 1.81. The number of benzene rings is 2. The number of hydrogen-bond acceptors (Lipinski definition) is 2. The number of thiophene rings is 1. The summed E-state index contributed by atoms with van der Waals surface area (Å²) in [6.07, 6.45) is 0. The van der Waals surface area contributed by atoms with E-state index in [1.165, 1.54) is 49.3 Å². The molecule has 0 fully saturated rings. The zero-order valence-corrected chi connectivity index (χ0v) is 15.8. The second-order valence-corrected chi connectivity index (χ2v) is 7.59. The lowest BCUT2D eigenvalue weighted by atomic mass is 9.96. The number of hydrogen-bond donors (Lipinski definition) is 1. The van der Waals surface area contributed by atoms with Crippen molar-refractivity contribution < 1.29 is 4.74 Å². The van der Waals surface area contributed by atoms with Gasteiger partial charge >= 0.3 is 0 Å². The number of ether oxygens (including phenoxy) is 1. The first-order valence-corrected chi connectivity index (χ1v) is 9.28. The first-order chi connectivity index (χ1) is 12.1. The number of aromatic nitrogens is 1. The van der Waals surface area contributed by atoms with Gasteiger partial charge in [0.2, 0.25) is 0 Å². The van der Waals surface area contributed by atoms with Crippen LogP contribution in [0.5, 0.6) is 5.75 Å². The monoisotopic (exact) mass is 347 g/mol. The summed E-state index contributed by atoms with van der Waals surface area (Å²) in [5, 5.41) is 3.50. The minimum absolute atomic E-state index is 0.879. The predicted octanol–water partition coefficient (Wildman–Crippen LogP) is 6.50. The lowest BCUT2D eigenvalue weighted by Gasteiger charge is -2.08. The molecule has 0 saturated carbocycles. The Bertz CT molecular complexity index is 1030. The van der Waals surface area contributed by atoms with E-state index in [-0.39, 0.29) is 0 Å². The van der Waals surface area contributed by atoms with Crippen LogP contribution in [0, 0.1) is 20.8 Å². The van der Waals surface area contributed by atoms with Crippen LogP contribution in [0.1, 0.15) is 16.0 Å². The van der Waals surface area contributed by atoms with Crippen LogP contribution in [-0.4, -0.2) is 12.1 Å². The molecule has 0 aliphatic carbocycles. The van der Waals surface area contributed by atoms with E-state index in [1.54, 1.807) is 7.11 Å². The van der Waals surface area contributed by atoms with E-state index in [4.69, 9.17) is 4.74 Å². The third-order valence-electron chi connectivity index (χ3n) is 4.74. The van der Waals surface area contributed by atoms with Gasteiger partial charge in [-0.15, -0.1) is 11.3 Å². The molecule has 0 unspecified atom stereocenters. The van der Waals surface area contributed by atoms with E-state index in [2.05, 4.69) is 61.5 Å². The molecule has 25 heavy (non-hydrogen) atoms. The molecule has 0 spiro atoms. The Morgan fingerprint density at radius 1 is 0.920 bits per heavy atom. The van der Waals surface area contributed by atoms with Crippen molar-refractivity contribution in [2.24, 2.45) is 0 Å². The Morgan fingerprint density at radius 2 is 1.68 bits per heavy atom. The molecule has 3 heteroatoms. The highest BCUT2D eigenvalue weighted by Crippen LogP contribution is 2.42. The SMILES string of the molecule is COc1ccc(-c2c(-c3c(C)csc3C)[nH]c3ccc(C)cc23)cc1. The molecule has 0 amide bonds. The van der Waals surface area contributed by atoms with Crippen LogP contribution in [0.2, 0.25) is 0 Å². The van der Waals surface area contributed by atoms with Gasteiger partial charge in [-0.1, -0.05) is 23.8 Å². The van der Waals surface area contributed by atoms with Gasteiger partial charge in [0.15, 0.2) is 0 Å². The number of aromatic amines is 1. The highest BCUT2D eigenvalue weighted by molar-refractivity contribution is 7.10. The number of rotatable bonds is 3. The summed E-state index contributed by atoms with van der Waals surface area (Å²) < 4.78 is 5.33. The molecule has 4 rings (SSSR count). The highest BCUT2D eigenvalue weighted by Gasteiger charge is 2.19. The summed E-state index contributed by atoms with van der Waals surface area (Å²) in [5.74, 6) is 0.879. The highest BCUT2D eigenvalue weighted by atomic mass is 32.1. The number of methoxy groups -OCH3 is 1. The van der Waals surface area contributed by atoms with Crippen LogP contribution in [0.3, 0.4) is 0 Å². The van der Waals surface area contributed by atoms with Gasteiger partial charge in [0, 0.05) is 26.9 Å². The molecule has 0 bridgehead atoms. The van der Waals surface area contributed by atoms with Gasteiger partial charge in [0.1, 0.15) is 5.75 Å². The molecule has 126 valence electrons. The average molecular weight is 347 g/mol. The zero-order chi connectivity index (χ0) is 17.6. The third-order valence-corrected chi connectivity index (χ3v) is 5.77. The molecule has 0 aliphatic rings. The van der Waals surface area contributed by atoms with Gasteiger partial charge in [-0.05, 0) is 61.5 Å². The standard InChI is InChI=1S/C22H21NOS/c1-13-5-10-19-18(11-13)21(16-6-8-17(24-4)9-7-16)22(23-19)20-14(2)12-25-15(20)3/h5-12,23H,1-4H3. The Morgan fingerprint density at radius 3 is 2.32 bits per heavy atom. The molecular formula is C22H21NOS. The summed E-state index contributed by atoms with van der Waals surface area (Å²) in [6.45, 7) is 6.53. The van der Waals surface area contributed by atoms with E-state index >= 15 is 0 Å². The van der Waals surface area contributed by atoms with E-state index in [1.807, 2.05) is 23.5 Å². The minimum Gasteiger partial charge on any atom is -0.497 e. The molecular weight excluding hydrogens is 326 g/mol. The van der Waals surface area contributed by atoms with Gasteiger partial charge in [-0.25, -0.2) is 0 Å². The summed E-state index contributed by atoms with van der Waals surface area (Å²) in [7, 11) is 1.70. The Hall–Kier alpha value is -2.52. The van der Waals surface area contributed by atoms with Crippen LogP contribution in [0.4, 0.5) is 0 Å². The van der Waals surface area contributed by atoms with E-state index < -0.39 is 0 Å². The van der Waals surface area contributed by atoms with Crippen LogP contribution in [0.25, 0.3) is 33.3 Å². The van der Waals surface area contributed by atoms with Gasteiger partial charge in [0.05, 0.1) is 12.8 Å². The average Bonchev–Trinajstić information content (AvgIpc) is 3.14. The molecule has 2 heterocycles. The van der Waals surface area contributed by atoms with Crippen molar-refractivity contribution in [2.75, 3.05) is 7.11 Å². The smallest absolute Gasteiger partial charge is 0.118 e. The molecule has 1 N–H and O–H groups in total. The minimum atomic E-state index is 0.879. The predicted molar refractivity (Wildman–Crippen MR) is 108 cm³/mol. The van der Waals surface area contributed by atoms with Crippen molar-refractivity contribution in [2.45, 2.75) is 20.8 Å². The molecule has 4 aromatic rings. The topological polar surface area (TPSA) is 25.0 Å². The van der Waals surface area contributed by atoms with Gasteiger partial charge in [0.25, 0.3) is 0 Å². The normalized spacial score (nSPS) is 11.2. The van der Waals surface area contributed by atoms with Crippen LogP contribution in [0.15, 0.2) is 47.8 Å². The van der Waals surface area contributed by atoms with Crippen molar-refractivity contribution in [3.63, 3.8) is 0 Å². The Balaban J connectivity index is 2.05. The largest absolute Gasteiger partial charge is 0.497 e. The van der Waals surface area contributed by atoms with Gasteiger partial charge in [-0.3, -0.25) is 0 Å². The summed E-state index contributed by atoms with van der Waals surface area (Å²) in [5.41, 5.74) is 8.78. The van der Waals surface area contributed by atoms with Gasteiger partial charge in [-0.2, -0.15) is 0 Å². The van der Waals surface area contributed by atoms with Crippen molar-refractivity contribution in [1.29, 1.82) is 0 Å².